The lowest BCUT2D eigenvalue weighted by Crippen LogP contribution is -2.46. The molecule has 2 atom stereocenters. The molecule has 3 heterocycles. The van der Waals surface area contributed by atoms with Crippen LogP contribution in [0.4, 0.5) is 0 Å². The molecule has 0 N–H and O–H groups in total. The van der Waals surface area contributed by atoms with Crippen molar-refractivity contribution in [2.24, 2.45) is 16.3 Å². The summed E-state index contributed by atoms with van der Waals surface area (Å²) in [4.78, 5) is 34.0. The van der Waals surface area contributed by atoms with Gasteiger partial charge in [0.05, 0.1) is 5.92 Å². The number of allylic oxidation sites excluding steroid dienone is 2. The number of likely N-dealkylation sites (tertiary alicyclic amines) is 1. The molecule has 6 heteroatoms. The molecular formula is C25H30N2O4. The minimum absolute atomic E-state index is 0.0906. The fraction of sp³-hybridized carbons (Fsp3) is 0.560. The van der Waals surface area contributed by atoms with Crippen LogP contribution in [0.3, 0.4) is 0 Å². The third kappa shape index (κ3) is 3.56. The average molecular weight is 423 g/mol. The van der Waals surface area contributed by atoms with Gasteiger partial charge in [0.15, 0.2) is 17.3 Å². The third-order valence-electron chi connectivity index (χ3n) is 6.99. The number of ether oxygens (including phenoxy) is 2. The lowest BCUT2D eigenvalue weighted by atomic mass is 9.66. The Labute approximate surface area is 183 Å². The van der Waals surface area contributed by atoms with Crippen molar-refractivity contribution < 1.29 is 19.1 Å². The summed E-state index contributed by atoms with van der Waals surface area (Å²) in [5.74, 6) is 0.790. The number of rotatable bonds is 2. The molecule has 0 aromatic heterocycles. The van der Waals surface area contributed by atoms with Crippen LogP contribution < -0.4 is 9.47 Å². The summed E-state index contributed by atoms with van der Waals surface area (Å²) < 4.78 is 11.1. The first kappa shape index (κ1) is 20.3. The van der Waals surface area contributed by atoms with Crippen molar-refractivity contribution in [3.8, 4) is 11.5 Å². The van der Waals surface area contributed by atoms with Gasteiger partial charge in [-0.05, 0) is 55.7 Å². The lowest BCUT2D eigenvalue weighted by molar-refractivity contribution is -0.134. The molecule has 0 radical (unpaired) electrons. The summed E-state index contributed by atoms with van der Waals surface area (Å²) in [6.07, 6.45) is 4.45. The third-order valence-corrected chi connectivity index (χ3v) is 6.99. The molecule has 4 aliphatic rings. The first-order chi connectivity index (χ1) is 14.8. The highest BCUT2D eigenvalue weighted by atomic mass is 16.7. The summed E-state index contributed by atoms with van der Waals surface area (Å²) in [5.41, 5.74) is 3.18. The molecule has 6 nitrogen and oxygen atoms in total. The monoisotopic (exact) mass is 422 g/mol. The van der Waals surface area contributed by atoms with Crippen LogP contribution in [0.2, 0.25) is 0 Å². The second-order valence-corrected chi connectivity index (χ2v) is 10.0. The van der Waals surface area contributed by atoms with Crippen LogP contribution >= 0.6 is 0 Å². The van der Waals surface area contributed by atoms with E-state index in [-0.39, 0.29) is 29.8 Å². The van der Waals surface area contributed by atoms with Crippen LogP contribution in [-0.2, 0) is 9.59 Å². The Bertz CT molecular complexity index is 1000. The van der Waals surface area contributed by atoms with Gasteiger partial charge in [-0.1, -0.05) is 19.9 Å². The van der Waals surface area contributed by atoms with Gasteiger partial charge in [-0.3, -0.25) is 14.6 Å². The van der Waals surface area contributed by atoms with Gasteiger partial charge in [0.1, 0.15) is 0 Å². The number of hydrogen-bond acceptors (Lipinski definition) is 5. The minimum atomic E-state index is -0.456. The molecule has 0 spiro atoms. The molecule has 1 amide bonds. The Kier molecular flexibility index (Phi) is 4.91. The molecule has 1 saturated heterocycles. The van der Waals surface area contributed by atoms with Crippen molar-refractivity contribution in [2.45, 2.75) is 58.8 Å². The molecule has 1 aromatic carbocycles. The van der Waals surface area contributed by atoms with Gasteiger partial charge in [0.2, 0.25) is 12.7 Å². The molecule has 1 aliphatic carbocycles. The first-order valence-corrected chi connectivity index (χ1v) is 11.3. The second-order valence-electron chi connectivity index (χ2n) is 10.0. The van der Waals surface area contributed by atoms with E-state index < -0.39 is 5.92 Å². The van der Waals surface area contributed by atoms with Crippen molar-refractivity contribution in [3.05, 3.63) is 35.0 Å². The Hall–Kier alpha value is -2.63. The zero-order valence-electron chi connectivity index (χ0n) is 18.6. The van der Waals surface area contributed by atoms with Crippen LogP contribution in [0.1, 0.15) is 64.4 Å². The maximum absolute atomic E-state index is 13.7. The van der Waals surface area contributed by atoms with Crippen LogP contribution in [0.25, 0.3) is 0 Å². The fourth-order valence-electron chi connectivity index (χ4n) is 5.54. The average Bonchev–Trinajstić information content (AvgIpc) is 3.20. The van der Waals surface area contributed by atoms with Crippen molar-refractivity contribution in [1.29, 1.82) is 0 Å². The summed E-state index contributed by atoms with van der Waals surface area (Å²) in [6, 6.07) is 5.81. The highest BCUT2D eigenvalue weighted by Gasteiger charge is 2.46. The highest BCUT2D eigenvalue weighted by Crippen LogP contribution is 2.49. The van der Waals surface area contributed by atoms with Crippen LogP contribution in [0.5, 0.6) is 11.5 Å². The molecule has 164 valence electrons. The Morgan fingerprint density at radius 1 is 1.10 bits per heavy atom. The van der Waals surface area contributed by atoms with E-state index in [1.54, 1.807) is 0 Å². The van der Waals surface area contributed by atoms with E-state index in [9.17, 15) is 9.59 Å². The van der Waals surface area contributed by atoms with Crippen molar-refractivity contribution in [1.82, 2.24) is 4.90 Å². The first-order valence-electron chi connectivity index (χ1n) is 11.3. The number of amides is 1. The van der Waals surface area contributed by atoms with Gasteiger partial charge < -0.3 is 14.4 Å². The number of ketones is 1. The van der Waals surface area contributed by atoms with Gasteiger partial charge in [0.25, 0.3) is 0 Å². The number of piperidine rings is 1. The number of fused-ring (bicyclic) bond motifs is 1. The maximum atomic E-state index is 13.7. The predicted octanol–water partition coefficient (Wildman–Crippen LogP) is 4.25. The molecular weight excluding hydrogens is 392 g/mol. The number of carbonyl (C=O) groups excluding carboxylic acids is 2. The van der Waals surface area contributed by atoms with E-state index in [0.717, 1.165) is 61.3 Å². The molecule has 0 saturated carbocycles. The molecule has 1 aromatic rings. The summed E-state index contributed by atoms with van der Waals surface area (Å²) in [6.45, 7) is 7.93. The normalized spacial score (nSPS) is 27.1. The lowest BCUT2D eigenvalue weighted by Gasteiger charge is -2.41. The van der Waals surface area contributed by atoms with Gasteiger partial charge in [0, 0.05) is 42.4 Å². The van der Waals surface area contributed by atoms with E-state index in [1.165, 1.54) is 0 Å². The number of carbonyl (C=O) groups is 2. The minimum Gasteiger partial charge on any atom is -0.454 e. The van der Waals surface area contributed by atoms with E-state index in [2.05, 4.69) is 13.8 Å². The van der Waals surface area contributed by atoms with Gasteiger partial charge in [-0.2, -0.15) is 0 Å². The quantitative estimate of drug-likeness (QED) is 0.715. The van der Waals surface area contributed by atoms with Crippen LogP contribution in [-0.4, -0.2) is 42.2 Å². The van der Waals surface area contributed by atoms with Crippen LogP contribution in [0.15, 0.2) is 34.5 Å². The van der Waals surface area contributed by atoms with E-state index in [4.69, 9.17) is 14.5 Å². The molecule has 5 rings (SSSR count). The molecule has 0 bridgehead atoms. The number of aliphatic imine (C=N–C) groups is 1. The van der Waals surface area contributed by atoms with Crippen molar-refractivity contribution >= 4 is 17.4 Å². The molecule has 31 heavy (non-hydrogen) atoms. The Morgan fingerprint density at radius 2 is 1.84 bits per heavy atom. The molecule has 1 fully saturated rings. The van der Waals surface area contributed by atoms with E-state index in [1.807, 2.05) is 30.0 Å². The summed E-state index contributed by atoms with van der Waals surface area (Å²) >= 11 is 0. The highest BCUT2D eigenvalue weighted by molar-refractivity contribution is 6.10. The summed E-state index contributed by atoms with van der Waals surface area (Å²) in [5, 5.41) is 0. The Balaban J connectivity index is 1.62. The molecule has 1 unspecified atom stereocenters. The zero-order valence-corrected chi connectivity index (χ0v) is 18.6. The van der Waals surface area contributed by atoms with Gasteiger partial charge in [-0.25, -0.2) is 0 Å². The van der Waals surface area contributed by atoms with Crippen LogP contribution in [0, 0.1) is 11.3 Å². The standard InChI is InChI=1S/C25H30N2O4/c1-15-21(24(29)27-9-5-4-6-10-27)22(16-7-8-19-20(11-16)31-14-30-19)23-17(26-15)12-25(2,3)13-18(23)28/h7-8,11,21-22H,4-6,9-10,12-14H2,1-3H3/t21?,22-/m0/s1. The van der Waals surface area contributed by atoms with Gasteiger partial charge >= 0.3 is 0 Å². The summed E-state index contributed by atoms with van der Waals surface area (Å²) in [7, 11) is 0. The van der Waals surface area contributed by atoms with E-state index >= 15 is 0 Å². The topological polar surface area (TPSA) is 68.2 Å². The van der Waals surface area contributed by atoms with Gasteiger partial charge in [-0.15, -0.1) is 0 Å². The zero-order chi connectivity index (χ0) is 21.8. The van der Waals surface area contributed by atoms with Crippen molar-refractivity contribution in [2.75, 3.05) is 19.9 Å². The number of Topliss-reactive ketones (excluding diaryl/α,β-unsaturated/α-hetero) is 1. The maximum Gasteiger partial charge on any atom is 0.232 e. The number of benzene rings is 1. The molecule has 3 aliphatic heterocycles. The largest absolute Gasteiger partial charge is 0.454 e. The second kappa shape index (κ2) is 7.50. The van der Waals surface area contributed by atoms with Crippen molar-refractivity contribution in [3.63, 3.8) is 0 Å². The smallest absolute Gasteiger partial charge is 0.232 e. The number of nitrogens with zero attached hydrogens (tertiary/aromatic N) is 2. The number of hydrogen-bond donors (Lipinski definition) is 0. The van der Waals surface area contributed by atoms with E-state index in [0.29, 0.717) is 17.9 Å². The SMILES string of the molecule is CC1=NC2=C(C(=O)CC(C)(C)C2)[C@@H](c2ccc3c(c2)OCO3)C1C(=O)N1CCCCC1. The predicted molar refractivity (Wildman–Crippen MR) is 117 cm³/mol. The Morgan fingerprint density at radius 3 is 2.61 bits per heavy atom. The fourth-order valence-corrected chi connectivity index (χ4v) is 5.54.